The first-order valence-corrected chi connectivity index (χ1v) is 22.5. The number of fused-ring (bicyclic) bond motifs is 6. The maximum atomic E-state index is 4.76. The Balaban J connectivity index is 0.000000202. The van der Waals surface area contributed by atoms with Crippen molar-refractivity contribution in [3.63, 3.8) is 0 Å². The van der Waals surface area contributed by atoms with Gasteiger partial charge in [-0.15, -0.1) is 59.7 Å². The van der Waals surface area contributed by atoms with Gasteiger partial charge >= 0.3 is 0 Å². The van der Waals surface area contributed by atoms with Crippen molar-refractivity contribution in [1.82, 2.24) is 9.97 Å². The third-order valence-electron chi connectivity index (χ3n) is 10.9. The van der Waals surface area contributed by atoms with Crippen LogP contribution >= 0.6 is 11.3 Å². The molecule has 0 aliphatic heterocycles. The van der Waals surface area contributed by atoms with Crippen LogP contribution in [-0.4, -0.2) is 18.0 Å². The van der Waals surface area contributed by atoms with Crippen molar-refractivity contribution in [2.75, 3.05) is 0 Å². The Morgan fingerprint density at radius 3 is 2.27 bits per heavy atom. The minimum atomic E-state index is -1.23. The van der Waals surface area contributed by atoms with Crippen LogP contribution < -0.4 is 5.19 Å². The molecule has 0 N–H and O–H groups in total. The Bertz CT molecular complexity index is 2220. The van der Waals surface area contributed by atoms with Crippen LogP contribution in [0.2, 0.25) is 19.6 Å². The van der Waals surface area contributed by atoms with Crippen LogP contribution in [0.1, 0.15) is 37.7 Å². The average Bonchev–Trinajstić information content (AvgIpc) is 3.54. The molecule has 1 atom stereocenters. The fraction of sp³-hybridized carbons (Fsp3) is 0.261. The number of nitrogens with zero attached hydrogens (tertiary/aromatic N) is 2. The summed E-state index contributed by atoms with van der Waals surface area (Å²) in [6, 6.07) is 45.4. The fourth-order valence-corrected chi connectivity index (χ4v) is 10.3. The normalized spacial score (nSPS) is 18.2. The molecule has 3 saturated carbocycles. The monoisotopic (exact) mass is 877 g/mol. The Kier molecular flexibility index (Phi) is 10.8. The summed E-state index contributed by atoms with van der Waals surface area (Å²) < 4.78 is 2.64. The first-order valence-electron chi connectivity index (χ1n) is 18.2. The van der Waals surface area contributed by atoms with Gasteiger partial charge in [0.25, 0.3) is 0 Å². The summed E-state index contributed by atoms with van der Waals surface area (Å²) in [5.41, 5.74) is 8.24. The van der Waals surface area contributed by atoms with Gasteiger partial charge in [0.2, 0.25) is 0 Å². The molecular formula is C46H44IrN2SSi-2. The molecule has 51 heavy (non-hydrogen) atoms. The number of pyridine rings is 2. The van der Waals surface area contributed by atoms with Gasteiger partial charge in [-0.3, -0.25) is 0 Å². The van der Waals surface area contributed by atoms with Gasteiger partial charge in [-0.05, 0) is 87.3 Å². The van der Waals surface area contributed by atoms with Crippen LogP contribution in [0.15, 0.2) is 122 Å². The molecule has 3 aromatic heterocycles. The Labute approximate surface area is 321 Å². The topological polar surface area (TPSA) is 25.8 Å². The average molecular weight is 877 g/mol. The van der Waals surface area contributed by atoms with Crippen LogP contribution in [0, 0.1) is 29.9 Å². The molecule has 5 heteroatoms. The molecule has 3 aliphatic carbocycles. The Morgan fingerprint density at radius 1 is 0.745 bits per heavy atom. The number of hydrogen-bond donors (Lipinski definition) is 0. The molecular weight excluding hydrogens is 833 g/mol. The molecule has 1 unspecified atom stereocenters. The van der Waals surface area contributed by atoms with Crippen LogP contribution in [0.25, 0.3) is 53.8 Å². The number of thiophene rings is 1. The van der Waals surface area contributed by atoms with E-state index in [1.54, 1.807) is 0 Å². The van der Waals surface area contributed by atoms with Crippen molar-refractivity contribution < 1.29 is 20.1 Å². The van der Waals surface area contributed by atoms with Crippen molar-refractivity contribution >= 4 is 44.8 Å². The second kappa shape index (κ2) is 15.5. The van der Waals surface area contributed by atoms with Gasteiger partial charge in [-0.1, -0.05) is 110 Å². The smallest absolute Gasteiger partial charge is 0.0795 e. The predicted octanol–water partition coefficient (Wildman–Crippen LogP) is 12.0. The van der Waals surface area contributed by atoms with Crippen molar-refractivity contribution in [3.05, 3.63) is 139 Å². The van der Waals surface area contributed by atoms with Gasteiger partial charge in [0.1, 0.15) is 0 Å². The van der Waals surface area contributed by atoms with Gasteiger partial charge in [0.15, 0.2) is 0 Å². The second-order valence-corrected chi connectivity index (χ2v) is 21.4. The quantitative estimate of drug-likeness (QED) is 0.123. The van der Waals surface area contributed by atoms with Crippen molar-refractivity contribution in [2.24, 2.45) is 17.8 Å². The minimum absolute atomic E-state index is 0. The zero-order chi connectivity index (χ0) is 34.1. The summed E-state index contributed by atoms with van der Waals surface area (Å²) in [5.74, 6) is 2.80. The van der Waals surface area contributed by atoms with Gasteiger partial charge in [-0.25, -0.2) is 0 Å². The van der Waals surface area contributed by atoms with Gasteiger partial charge in [0.05, 0.1) is 8.07 Å². The molecule has 2 nitrogen and oxygen atoms in total. The van der Waals surface area contributed by atoms with Gasteiger partial charge in [-0.2, -0.15) is 11.3 Å². The van der Waals surface area contributed by atoms with Crippen molar-refractivity contribution in [3.8, 4) is 33.6 Å². The largest absolute Gasteiger partial charge is 0.305 e. The summed E-state index contributed by atoms with van der Waals surface area (Å²) >= 11 is 1.87. The number of rotatable bonds is 6. The van der Waals surface area contributed by atoms with Gasteiger partial charge < -0.3 is 9.97 Å². The Hall–Kier alpha value is -3.73. The molecule has 0 amide bonds. The zero-order valence-corrected chi connectivity index (χ0v) is 33.9. The van der Waals surface area contributed by atoms with Crippen molar-refractivity contribution in [2.45, 2.75) is 58.2 Å². The summed E-state index contributed by atoms with van der Waals surface area (Å²) in [7, 11) is -1.23. The molecule has 0 spiro atoms. The van der Waals surface area contributed by atoms with E-state index >= 15 is 0 Å². The SMILES string of the molecule is C[Si](C)(C)c1ccc(-c2[c-]cccc2)nc1.[Ir].[c-]1cc2sc3c(-c4ccccc4)cccc3c2cc1-c1cc(CC2CC3CCC2CC3)ccn1. The summed E-state index contributed by atoms with van der Waals surface area (Å²) in [4.78, 5) is 9.28. The zero-order valence-electron chi connectivity index (χ0n) is 29.7. The van der Waals surface area contributed by atoms with Crippen LogP contribution in [-0.2, 0) is 26.5 Å². The van der Waals surface area contributed by atoms with E-state index in [0.717, 1.165) is 40.3 Å². The van der Waals surface area contributed by atoms with E-state index in [2.05, 4.69) is 122 Å². The fourth-order valence-electron chi connectivity index (χ4n) is 8.10. The second-order valence-electron chi connectivity index (χ2n) is 15.3. The molecule has 3 fully saturated rings. The summed E-state index contributed by atoms with van der Waals surface area (Å²) in [5, 5.41) is 4.03. The minimum Gasteiger partial charge on any atom is -0.305 e. The third-order valence-corrected chi connectivity index (χ3v) is 14.2. The van der Waals surface area contributed by atoms with E-state index in [4.69, 9.17) is 4.98 Å². The molecule has 2 bridgehead atoms. The molecule has 4 aromatic carbocycles. The summed E-state index contributed by atoms with van der Waals surface area (Å²) in [6.07, 6.45) is 12.5. The van der Waals surface area contributed by atoms with E-state index in [-0.39, 0.29) is 20.1 Å². The van der Waals surface area contributed by atoms with Crippen LogP contribution in [0.4, 0.5) is 0 Å². The standard InChI is InChI=1S/C32H28NS.C14H16NSi.Ir/c1-2-5-24(6-3-1)27-7-4-8-28-29-20-25(13-14-31(29)34-32(27)28)30-19-22(15-16-33-30)18-26-17-21-9-11-23(26)12-10-21;1-16(2,3)13-9-10-14(15-11-13)12-7-5-4-6-8-12;/h1-8,14-16,19-21,23,26H,9-12,17-18H2;4-7,9-11H,1-3H3;/q2*-1;. The predicted molar refractivity (Wildman–Crippen MR) is 216 cm³/mol. The van der Waals surface area contributed by atoms with Crippen LogP contribution in [0.5, 0.6) is 0 Å². The van der Waals surface area contributed by atoms with E-state index < -0.39 is 8.07 Å². The number of hydrogen-bond acceptors (Lipinski definition) is 3. The molecule has 7 aromatic rings. The number of aromatic nitrogens is 2. The van der Waals surface area contributed by atoms with E-state index in [0.29, 0.717) is 0 Å². The first kappa shape index (κ1) is 35.7. The number of benzene rings is 4. The first-order chi connectivity index (χ1) is 24.4. The van der Waals surface area contributed by atoms with Crippen molar-refractivity contribution in [1.29, 1.82) is 0 Å². The molecule has 0 saturated heterocycles. The van der Waals surface area contributed by atoms with Crippen LogP contribution in [0.3, 0.4) is 0 Å². The summed E-state index contributed by atoms with van der Waals surface area (Å²) in [6.45, 7) is 7.00. The molecule has 1 radical (unpaired) electrons. The van der Waals surface area contributed by atoms with Gasteiger partial charge in [0, 0.05) is 37.2 Å². The van der Waals surface area contributed by atoms with E-state index in [9.17, 15) is 0 Å². The molecule has 3 aliphatic rings. The van der Waals surface area contributed by atoms with E-state index in [1.807, 2.05) is 48.0 Å². The maximum absolute atomic E-state index is 4.76. The molecule has 3 heterocycles. The third kappa shape index (κ3) is 7.88. The molecule has 10 rings (SSSR count). The Morgan fingerprint density at radius 2 is 1.57 bits per heavy atom. The maximum Gasteiger partial charge on any atom is 0.0795 e. The van der Waals surface area contributed by atoms with E-state index in [1.165, 1.54) is 80.6 Å². The molecule has 259 valence electrons.